The highest BCUT2D eigenvalue weighted by atomic mass is 32.2. The molecule has 3 heteroatoms. The molecule has 0 spiro atoms. The largest absolute Gasteiger partial charge is 0.326 e. The molecule has 0 aliphatic rings. The number of nitrogens with two attached hydrogens (primary N) is 1. The fourth-order valence-electron chi connectivity index (χ4n) is 2.36. The fraction of sp³-hybridized carbons (Fsp3) is 0.158. The van der Waals surface area contributed by atoms with Crippen LogP contribution in [0.5, 0.6) is 0 Å². The Balaban J connectivity index is 1.93. The van der Waals surface area contributed by atoms with Gasteiger partial charge in [0.1, 0.15) is 0 Å². The molecular weight excluding hydrogens is 306 g/mol. The summed E-state index contributed by atoms with van der Waals surface area (Å²) in [6, 6.07) is 21.7. The minimum absolute atomic E-state index is 0.621. The smallest absolute Gasteiger partial charge is 0.0649 e. The minimum Gasteiger partial charge on any atom is -0.326 e. The normalized spacial score (nSPS) is 10.8. The predicted octanol–water partition coefficient (Wildman–Crippen LogP) is 5.59. The van der Waals surface area contributed by atoms with E-state index in [1.54, 1.807) is 11.3 Å². The Kier molecular flexibility index (Phi) is 4.98. The lowest BCUT2D eigenvalue weighted by Crippen LogP contribution is -1.90. The van der Waals surface area contributed by atoms with Crippen molar-refractivity contribution < 1.29 is 0 Å². The molecule has 1 heterocycles. The van der Waals surface area contributed by atoms with E-state index >= 15 is 0 Å². The van der Waals surface area contributed by atoms with Gasteiger partial charge in [-0.15, -0.1) is 11.3 Å². The number of hydrogen-bond acceptors (Lipinski definition) is 3. The van der Waals surface area contributed by atoms with E-state index in [4.69, 9.17) is 5.73 Å². The molecule has 0 aliphatic heterocycles. The van der Waals surface area contributed by atoms with Gasteiger partial charge < -0.3 is 5.73 Å². The summed E-state index contributed by atoms with van der Waals surface area (Å²) in [5, 5.41) is 0. The highest BCUT2D eigenvalue weighted by molar-refractivity contribution is 8.01. The quantitative estimate of drug-likeness (QED) is 0.662. The second kappa shape index (κ2) is 7.14. The van der Waals surface area contributed by atoms with Crippen LogP contribution in [0.1, 0.15) is 17.4 Å². The SMILES string of the molecule is CCc1cc(Sc2ccc(CN)s2)cc(-c2ccccc2)c1. The number of thiophene rings is 1. The number of hydrogen-bond donors (Lipinski definition) is 1. The zero-order chi connectivity index (χ0) is 15.4. The summed E-state index contributed by atoms with van der Waals surface area (Å²) in [5.41, 5.74) is 9.64. The Bertz CT molecular complexity index is 747. The van der Waals surface area contributed by atoms with Gasteiger partial charge in [-0.3, -0.25) is 0 Å². The van der Waals surface area contributed by atoms with Gasteiger partial charge in [0.25, 0.3) is 0 Å². The molecule has 0 saturated heterocycles. The number of aryl methyl sites for hydroxylation is 1. The van der Waals surface area contributed by atoms with Crippen LogP contribution in [0.2, 0.25) is 0 Å². The van der Waals surface area contributed by atoms with Crippen molar-refractivity contribution in [3.05, 3.63) is 71.1 Å². The molecule has 2 N–H and O–H groups in total. The van der Waals surface area contributed by atoms with Gasteiger partial charge in [-0.05, 0) is 47.4 Å². The van der Waals surface area contributed by atoms with Gasteiger partial charge >= 0.3 is 0 Å². The van der Waals surface area contributed by atoms with Crippen molar-refractivity contribution in [2.75, 3.05) is 0 Å². The zero-order valence-corrected chi connectivity index (χ0v) is 14.2. The van der Waals surface area contributed by atoms with Crippen LogP contribution < -0.4 is 5.73 Å². The van der Waals surface area contributed by atoms with Crippen molar-refractivity contribution in [1.82, 2.24) is 0 Å². The van der Waals surface area contributed by atoms with Crippen LogP contribution in [-0.2, 0) is 13.0 Å². The minimum atomic E-state index is 0.621. The summed E-state index contributed by atoms with van der Waals surface area (Å²) in [4.78, 5) is 2.53. The van der Waals surface area contributed by atoms with Crippen molar-refractivity contribution in [1.29, 1.82) is 0 Å². The third-order valence-corrected chi connectivity index (χ3v) is 5.75. The maximum absolute atomic E-state index is 5.70. The first-order chi connectivity index (χ1) is 10.8. The fourth-order valence-corrected chi connectivity index (χ4v) is 4.51. The summed E-state index contributed by atoms with van der Waals surface area (Å²) < 4.78 is 1.30. The molecule has 0 fully saturated rings. The van der Waals surface area contributed by atoms with Gasteiger partial charge in [-0.1, -0.05) is 55.1 Å². The maximum Gasteiger partial charge on any atom is 0.0649 e. The molecule has 0 unspecified atom stereocenters. The first kappa shape index (κ1) is 15.3. The topological polar surface area (TPSA) is 26.0 Å². The van der Waals surface area contributed by atoms with Crippen molar-refractivity contribution in [2.24, 2.45) is 5.73 Å². The van der Waals surface area contributed by atoms with Crippen molar-refractivity contribution in [2.45, 2.75) is 29.0 Å². The van der Waals surface area contributed by atoms with E-state index in [9.17, 15) is 0 Å². The molecule has 0 radical (unpaired) electrons. The summed E-state index contributed by atoms with van der Waals surface area (Å²) in [5.74, 6) is 0. The van der Waals surface area contributed by atoms with E-state index in [2.05, 4.69) is 67.6 Å². The lowest BCUT2D eigenvalue weighted by Gasteiger charge is -2.08. The Morgan fingerprint density at radius 3 is 2.45 bits per heavy atom. The standard InChI is InChI=1S/C19H19NS2/c1-2-14-10-16(15-6-4-3-5-7-15)12-18(11-14)22-19-9-8-17(13-20)21-19/h3-12H,2,13,20H2,1H3. The second-order valence-electron chi connectivity index (χ2n) is 5.11. The van der Waals surface area contributed by atoms with Crippen molar-refractivity contribution >= 4 is 23.1 Å². The third-order valence-electron chi connectivity index (χ3n) is 3.54. The molecule has 22 heavy (non-hydrogen) atoms. The first-order valence-electron chi connectivity index (χ1n) is 7.44. The summed E-state index contributed by atoms with van der Waals surface area (Å²) >= 11 is 3.61. The number of benzene rings is 2. The molecule has 1 aromatic heterocycles. The van der Waals surface area contributed by atoms with Crippen LogP contribution in [0.3, 0.4) is 0 Å². The molecule has 0 atom stereocenters. The Labute approximate surface area is 140 Å². The van der Waals surface area contributed by atoms with E-state index in [0.29, 0.717) is 6.54 Å². The Morgan fingerprint density at radius 1 is 0.955 bits per heavy atom. The van der Waals surface area contributed by atoms with Crippen LogP contribution in [0.25, 0.3) is 11.1 Å². The van der Waals surface area contributed by atoms with Gasteiger partial charge in [0.15, 0.2) is 0 Å². The van der Waals surface area contributed by atoms with Crippen molar-refractivity contribution in [3.63, 3.8) is 0 Å². The molecule has 112 valence electrons. The average Bonchev–Trinajstić information content (AvgIpc) is 3.03. The molecule has 3 rings (SSSR count). The third kappa shape index (κ3) is 3.61. The maximum atomic E-state index is 5.70. The van der Waals surface area contributed by atoms with Crippen LogP contribution in [0.4, 0.5) is 0 Å². The molecule has 2 aromatic carbocycles. The van der Waals surface area contributed by atoms with E-state index < -0.39 is 0 Å². The van der Waals surface area contributed by atoms with Crippen molar-refractivity contribution in [3.8, 4) is 11.1 Å². The molecule has 0 saturated carbocycles. The predicted molar refractivity (Wildman–Crippen MR) is 97.6 cm³/mol. The summed E-state index contributed by atoms with van der Waals surface area (Å²) in [6.07, 6.45) is 1.05. The average molecular weight is 326 g/mol. The van der Waals surface area contributed by atoms with Gasteiger partial charge in [-0.2, -0.15) is 0 Å². The second-order valence-corrected chi connectivity index (χ2v) is 7.65. The molecule has 0 bridgehead atoms. The van der Waals surface area contributed by atoms with E-state index in [-0.39, 0.29) is 0 Å². The van der Waals surface area contributed by atoms with Gasteiger partial charge in [0, 0.05) is 16.3 Å². The summed E-state index contributed by atoms with van der Waals surface area (Å²) in [6.45, 7) is 2.83. The molecule has 1 nitrogen and oxygen atoms in total. The monoisotopic (exact) mass is 325 g/mol. The van der Waals surface area contributed by atoms with Crippen LogP contribution in [0.15, 0.2) is 69.8 Å². The first-order valence-corrected chi connectivity index (χ1v) is 9.08. The van der Waals surface area contributed by atoms with Crippen LogP contribution >= 0.6 is 23.1 Å². The van der Waals surface area contributed by atoms with Gasteiger partial charge in [0.2, 0.25) is 0 Å². The zero-order valence-electron chi connectivity index (χ0n) is 12.6. The van der Waals surface area contributed by atoms with E-state index in [1.807, 2.05) is 11.8 Å². The Morgan fingerprint density at radius 2 is 1.77 bits per heavy atom. The summed E-state index contributed by atoms with van der Waals surface area (Å²) in [7, 11) is 0. The Hall–Kier alpha value is -1.55. The van der Waals surface area contributed by atoms with Crippen LogP contribution in [0, 0.1) is 0 Å². The lowest BCUT2D eigenvalue weighted by atomic mass is 10.0. The van der Waals surface area contributed by atoms with Gasteiger partial charge in [-0.25, -0.2) is 0 Å². The van der Waals surface area contributed by atoms with Crippen LogP contribution in [-0.4, -0.2) is 0 Å². The number of rotatable bonds is 5. The highest BCUT2D eigenvalue weighted by Crippen LogP contribution is 2.36. The van der Waals surface area contributed by atoms with Gasteiger partial charge in [0.05, 0.1) is 4.21 Å². The highest BCUT2D eigenvalue weighted by Gasteiger charge is 2.06. The van der Waals surface area contributed by atoms with E-state index in [1.165, 1.54) is 30.7 Å². The van der Waals surface area contributed by atoms with E-state index in [0.717, 1.165) is 6.42 Å². The lowest BCUT2D eigenvalue weighted by molar-refractivity contribution is 1.11. The molecule has 0 aliphatic carbocycles. The molecule has 0 amide bonds. The molecular formula is C19H19NS2. The molecule has 3 aromatic rings.